The highest BCUT2D eigenvalue weighted by atomic mass is 35.5. The molecule has 0 bridgehead atoms. The third-order valence-corrected chi connectivity index (χ3v) is 4.61. The first-order valence-electron chi connectivity index (χ1n) is 8.42. The second kappa shape index (κ2) is 9.38. The summed E-state index contributed by atoms with van der Waals surface area (Å²) in [4.78, 5) is 28.0. The van der Waals surface area contributed by atoms with Gasteiger partial charge in [-0.05, 0) is 31.2 Å². The number of halogens is 1. The third kappa shape index (κ3) is 5.34. The number of nitrogens with zero attached hydrogens (tertiary/aromatic N) is 1. The van der Waals surface area contributed by atoms with E-state index in [4.69, 9.17) is 25.5 Å². The summed E-state index contributed by atoms with van der Waals surface area (Å²) in [6.45, 7) is 2.19. The molecule has 28 heavy (non-hydrogen) atoms. The van der Waals surface area contributed by atoms with Gasteiger partial charge in [0.25, 0.3) is 5.91 Å². The zero-order valence-electron chi connectivity index (χ0n) is 14.9. The number of ether oxygens (including phenoxy) is 2. The molecule has 0 fully saturated rings. The number of nitrogens with one attached hydrogen (secondary N) is 1. The van der Waals surface area contributed by atoms with Gasteiger partial charge >= 0.3 is 5.97 Å². The van der Waals surface area contributed by atoms with Crippen LogP contribution < -0.4 is 10.1 Å². The first-order chi connectivity index (χ1) is 13.5. The zero-order chi connectivity index (χ0) is 19.9. The van der Waals surface area contributed by atoms with E-state index in [1.807, 2.05) is 6.07 Å². The molecule has 3 aromatic rings. The number of hydrogen-bond donors (Lipinski definition) is 1. The number of amides is 1. The summed E-state index contributed by atoms with van der Waals surface area (Å²) in [6, 6.07) is 10.3. The van der Waals surface area contributed by atoms with Gasteiger partial charge in [-0.3, -0.25) is 14.9 Å². The van der Waals surface area contributed by atoms with Gasteiger partial charge in [0.1, 0.15) is 18.1 Å². The Labute approximate surface area is 170 Å². The van der Waals surface area contributed by atoms with Gasteiger partial charge in [0, 0.05) is 5.38 Å². The van der Waals surface area contributed by atoms with Crippen molar-refractivity contribution in [1.82, 2.24) is 4.98 Å². The van der Waals surface area contributed by atoms with Gasteiger partial charge in [0.2, 0.25) is 0 Å². The number of anilines is 1. The van der Waals surface area contributed by atoms with Crippen molar-refractivity contribution in [3.63, 3.8) is 0 Å². The lowest BCUT2D eigenvalue weighted by Crippen LogP contribution is -2.11. The topological polar surface area (TPSA) is 90.7 Å². The molecule has 0 atom stereocenters. The summed E-state index contributed by atoms with van der Waals surface area (Å²) in [5.74, 6) is 0.330. The second-order valence-electron chi connectivity index (χ2n) is 5.56. The van der Waals surface area contributed by atoms with E-state index in [1.165, 1.54) is 11.3 Å². The van der Waals surface area contributed by atoms with Gasteiger partial charge in [0.15, 0.2) is 10.9 Å². The number of para-hydroxylation sites is 1. The SMILES string of the molecule is CCOC(=O)Cc1csc(NC(=O)c2ccc(COc3ccccc3Cl)o2)n1. The molecule has 7 nitrogen and oxygen atoms in total. The molecular formula is C19H17ClN2O5S. The maximum atomic E-state index is 12.3. The first-order valence-corrected chi connectivity index (χ1v) is 9.68. The minimum atomic E-state index is -0.443. The van der Waals surface area contributed by atoms with Crippen LogP contribution in [0.15, 0.2) is 46.2 Å². The minimum Gasteiger partial charge on any atom is -0.484 e. The van der Waals surface area contributed by atoms with Gasteiger partial charge < -0.3 is 13.9 Å². The van der Waals surface area contributed by atoms with Crippen LogP contribution in [0, 0.1) is 0 Å². The lowest BCUT2D eigenvalue weighted by Gasteiger charge is -2.05. The second-order valence-corrected chi connectivity index (χ2v) is 6.83. The highest BCUT2D eigenvalue weighted by Gasteiger charge is 2.15. The molecule has 0 saturated heterocycles. The quantitative estimate of drug-likeness (QED) is 0.545. The minimum absolute atomic E-state index is 0.0600. The Bertz CT molecular complexity index is 969. The maximum absolute atomic E-state index is 12.3. The largest absolute Gasteiger partial charge is 0.484 e. The standard InChI is InChI=1S/C19H17ClN2O5S/c1-2-25-17(23)9-12-11-28-19(21-12)22-18(24)16-8-7-13(27-16)10-26-15-6-4-3-5-14(15)20/h3-8,11H,2,9-10H2,1H3,(H,21,22,24). The maximum Gasteiger partial charge on any atom is 0.311 e. The third-order valence-electron chi connectivity index (χ3n) is 3.50. The van der Waals surface area contributed by atoms with Crippen molar-refractivity contribution >= 4 is 39.9 Å². The van der Waals surface area contributed by atoms with Crippen LogP contribution in [0.2, 0.25) is 5.02 Å². The van der Waals surface area contributed by atoms with Crippen molar-refractivity contribution in [2.45, 2.75) is 20.0 Å². The van der Waals surface area contributed by atoms with Crippen LogP contribution in [-0.4, -0.2) is 23.5 Å². The molecule has 0 unspecified atom stereocenters. The molecule has 1 amide bonds. The summed E-state index contributed by atoms with van der Waals surface area (Å²) in [5, 5.41) is 5.20. The molecule has 0 spiro atoms. The molecule has 146 valence electrons. The van der Waals surface area contributed by atoms with E-state index in [9.17, 15) is 9.59 Å². The molecule has 1 aromatic carbocycles. The fraction of sp³-hybridized carbons (Fsp3) is 0.211. The molecule has 0 aliphatic carbocycles. The van der Waals surface area contributed by atoms with Crippen molar-refractivity contribution in [3.8, 4) is 5.75 Å². The van der Waals surface area contributed by atoms with Gasteiger partial charge in [-0.2, -0.15) is 0 Å². The monoisotopic (exact) mass is 420 g/mol. The molecule has 9 heteroatoms. The van der Waals surface area contributed by atoms with Gasteiger partial charge in [-0.1, -0.05) is 23.7 Å². The predicted octanol–water partition coefficient (Wildman–Crippen LogP) is 4.33. The molecule has 0 radical (unpaired) electrons. The number of thiazole rings is 1. The number of furan rings is 1. The van der Waals surface area contributed by atoms with Crippen molar-refractivity contribution in [1.29, 1.82) is 0 Å². The van der Waals surface area contributed by atoms with Crippen LogP contribution >= 0.6 is 22.9 Å². The summed E-state index contributed by atoms with van der Waals surface area (Å²) in [5.41, 5.74) is 0.534. The molecule has 3 rings (SSSR count). The van der Waals surface area contributed by atoms with Crippen LogP contribution in [0.1, 0.15) is 28.9 Å². The number of benzene rings is 1. The van der Waals surface area contributed by atoms with Crippen LogP contribution in [0.5, 0.6) is 5.75 Å². The number of esters is 1. The molecule has 2 aromatic heterocycles. The van der Waals surface area contributed by atoms with Gasteiger partial charge in [-0.15, -0.1) is 11.3 Å². The van der Waals surface area contributed by atoms with Crippen LogP contribution in [0.25, 0.3) is 0 Å². The Hall–Kier alpha value is -2.84. The van der Waals surface area contributed by atoms with E-state index >= 15 is 0 Å². The Kier molecular flexibility index (Phi) is 6.67. The van der Waals surface area contributed by atoms with Crippen molar-refractivity contribution < 1.29 is 23.5 Å². The highest BCUT2D eigenvalue weighted by Crippen LogP contribution is 2.24. The van der Waals surface area contributed by atoms with Crippen LogP contribution in [0.4, 0.5) is 5.13 Å². The van der Waals surface area contributed by atoms with E-state index < -0.39 is 5.91 Å². The zero-order valence-corrected chi connectivity index (χ0v) is 16.5. The highest BCUT2D eigenvalue weighted by molar-refractivity contribution is 7.14. The number of carbonyl (C=O) groups is 2. The average molecular weight is 421 g/mol. The normalized spacial score (nSPS) is 10.5. The Balaban J connectivity index is 1.55. The molecule has 0 aliphatic heterocycles. The average Bonchev–Trinajstić information content (AvgIpc) is 3.31. The summed E-state index contributed by atoms with van der Waals surface area (Å²) < 4.78 is 16.0. The van der Waals surface area contributed by atoms with E-state index in [1.54, 1.807) is 42.6 Å². The van der Waals surface area contributed by atoms with Crippen molar-refractivity contribution in [3.05, 3.63) is 64.0 Å². The molecule has 0 aliphatic rings. The Morgan fingerprint density at radius 1 is 1.25 bits per heavy atom. The van der Waals surface area contributed by atoms with Crippen molar-refractivity contribution in [2.24, 2.45) is 0 Å². The smallest absolute Gasteiger partial charge is 0.311 e. The van der Waals surface area contributed by atoms with Gasteiger partial charge in [-0.25, -0.2) is 4.98 Å². The molecule has 0 saturated carbocycles. The molecule has 2 heterocycles. The van der Waals surface area contributed by atoms with Crippen LogP contribution in [-0.2, 0) is 22.6 Å². The Morgan fingerprint density at radius 2 is 2.07 bits per heavy atom. The van der Waals surface area contributed by atoms with E-state index in [0.29, 0.717) is 34.0 Å². The lowest BCUT2D eigenvalue weighted by molar-refractivity contribution is -0.142. The van der Waals surface area contributed by atoms with E-state index in [-0.39, 0.29) is 24.8 Å². The molecule has 1 N–H and O–H groups in total. The molecular weight excluding hydrogens is 404 g/mol. The van der Waals surface area contributed by atoms with Crippen LogP contribution in [0.3, 0.4) is 0 Å². The van der Waals surface area contributed by atoms with Crippen molar-refractivity contribution in [2.75, 3.05) is 11.9 Å². The number of hydrogen-bond acceptors (Lipinski definition) is 7. The van der Waals surface area contributed by atoms with Gasteiger partial charge in [0.05, 0.1) is 23.7 Å². The lowest BCUT2D eigenvalue weighted by atomic mass is 10.3. The fourth-order valence-electron chi connectivity index (χ4n) is 2.25. The summed E-state index contributed by atoms with van der Waals surface area (Å²) >= 11 is 7.25. The summed E-state index contributed by atoms with van der Waals surface area (Å²) in [7, 11) is 0. The first kappa shape index (κ1) is 19.9. The summed E-state index contributed by atoms with van der Waals surface area (Å²) in [6.07, 6.45) is 0.0600. The number of carbonyl (C=O) groups excluding carboxylic acids is 2. The number of rotatable bonds is 8. The number of aromatic nitrogens is 1. The Morgan fingerprint density at radius 3 is 2.86 bits per heavy atom. The van der Waals surface area contributed by atoms with E-state index in [2.05, 4.69) is 10.3 Å². The van der Waals surface area contributed by atoms with E-state index in [0.717, 1.165) is 0 Å². The predicted molar refractivity (Wildman–Crippen MR) is 105 cm³/mol. The fourth-order valence-corrected chi connectivity index (χ4v) is 3.15.